The van der Waals surface area contributed by atoms with Crippen molar-refractivity contribution in [2.75, 3.05) is 0 Å². The van der Waals surface area contributed by atoms with E-state index < -0.39 is 6.04 Å². The number of aromatic nitrogens is 3. The minimum absolute atomic E-state index is 0.0796. The maximum absolute atomic E-state index is 12.6. The predicted molar refractivity (Wildman–Crippen MR) is 153 cm³/mol. The molecule has 0 bridgehead atoms. The molecule has 1 N–H and O–H groups in total. The number of nitrogens with one attached hydrogen (secondary N) is 1. The summed E-state index contributed by atoms with van der Waals surface area (Å²) >= 11 is 1.35. The summed E-state index contributed by atoms with van der Waals surface area (Å²) in [6.07, 6.45) is 6.55. The smallest absolute Gasteiger partial charge is 0.280 e. The lowest BCUT2D eigenvalue weighted by Crippen LogP contribution is -2.37. The van der Waals surface area contributed by atoms with Gasteiger partial charge in [-0.25, -0.2) is 15.0 Å². The number of carbonyl (C=O) groups is 2. The minimum Gasteiger partial charge on any atom is -0.340 e. The van der Waals surface area contributed by atoms with E-state index in [2.05, 4.69) is 86.1 Å². The molecule has 1 unspecified atom stereocenters. The number of thiazole rings is 1. The third-order valence-electron chi connectivity index (χ3n) is 6.32. The molecule has 7 heteroatoms. The zero-order valence-electron chi connectivity index (χ0n) is 22.8. The van der Waals surface area contributed by atoms with Gasteiger partial charge in [0.1, 0.15) is 6.29 Å². The van der Waals surface area contributed by atoms with Gasteiger partial charge in [-0.2, -0.15) is 0 Å². The van der Waals surface area contributed by atoms with Crippen LogP contribution < -0.4 is 5.32 Å². The maximum Gasteiger partial charge on any atom is 0.280 e. The molecule has 0 spiro atoms. The summed E-state index contributed by atoms with van der Waals surface area (Å²) in [4.78, 5) is 38.7. The van der Waals surface area contributed by atoms with Gasteiger partial charge in [0, 0.05) is 34.6 Å². The molecule has 0 aliphatic rings. The van der Waals surface area contributed by atoms with E-state index in [1.807, 2.05) is 36.7 Å². The Labute approximate surface area is 228 Å². The van der Waals surface area contributed by atoms with Crippen molar-refractivity contribution in [3.05, 3.63) is 88.1 Å². The molecule has 38 heavy (non-hydrogen) atoms. The highest BCUT2D eigenvalue weighted by Crippen LogP contribution is 2.28. The molecular formula is C31H34N4O2S. The zero-order valence-corrected chi connectivity index (χ0v) is 23.6. The van der Waals surface area contributed by atoms with Gasteiger partial charge in [-0.1, -0.05) is 90.1 Å². The Kier molecular flexibility index (Phi) is 7.88. The SMILES string of the molecule is CC(C)(C)c1ccc(-c2cnc(-c3ccc(CC(C=O)NC(=O)c4ncc(C(C)(C)C)s4)cc3)nc2)cc1. The quantitative estimate of drug-likeness (QED) is 0.282. The van der Waals surface area contributed by atoms with Crippen LogP contribution in [0.4, 0.5) is 0 Å². The molecule has 0 aliphatic carbocycles. The Bertz CT molecular complexity index is 1390. The first kappa shape index (κ1) is 27.3. The molecule has 6 nitrogen and oxygen atoms in total. The molecule has 1 atom stereocenters. The van der Waals surface area contributed by atoms with Gasteiger partial charge in [0.2, 0.25) is 0 Å². The normalized spacial score (nSPS) is 12.7. The molecule has 0 saturated heterocycles. The first-order valence-electron chi connectivity index (χ1n) is 12.7. The number of carbonyl (C=O) groups excluding carboxylic acids is 2. The molecule has 196 valence electrons. The maximum atomic E-state index is 12.6. The van der Waals surface area contributed by atoms with Crippen LogP contribution in [0.25, 0.3) is 22.5 Å². The van der Waals surface area contributed by atoms with Gasteiger partial charge in [0.05, 0.1) is 6.04 Å². The lowest BCUT2D eigenvalue weighted by atomic mass is 9.86. The summed E-state index contributed by atoms with van der Waals surface area (Å²) in [7, 11) is 0. The van der Waals surface area contributed by atoms with Crippen LogP contribution in [0.5, 0.6) is 0 Å². The monoisotopic (exact) mass is 526 g/mol. The fourth-order valence-corrected chi connectivity index (χ4v) is 4.80. The van der Waals surface area contributed by atoms with Gasteiger partial charge >= 0.3 is 0 Å². The molecule has 2 heterocycles. The highest BCUT2D eigenvalue weighted by molar-refractivity contribution is 7.13. The second-order valence-electron chi connectivity index (χ2n) is 11.5. The van der Waals surface area contributed by atoms with E-state index in [0.29, 0.717) is 17.3 Å². The number of hydrogen-bond acceptors (Lipinski definition) is 6. The van der Waals surface area contributed by atoms with Gasteiger partial charge in [0.15, 0.2) is 10.8 Å². The van der Waals surface area contributed by atoms with Crippen molar-refractivity contribution in [3.8, 4) is 22.5 Å². The van der Waals surface area contributed by atoms with Crippen molar-refractivity contribution >= 4 is 23.5 Å². The summed E-state index contributed by atoms with van der Waals surface area (Å²) in [5, 5.41) is 3.16. The van der Waals surface area contributed by atoms with Crippen molar-refractivity contribution in [2.45, 2.75) is 64.8 Å². The molecule has 0 radical (unpaired) electrons. The third kappa shape index (κ3) is 6.58. The van der Waals surface area contributed by atoms with Gasteiger partial charge in [-0.3, -0.25) is 4.79 Å². The van der Waals surface area contributed by atoms with E-state index >= 15 is 0 Å². The lowest BCUT2D eigenvalue weighted by Gasteiger charge is -2.19. The molecule has 4 aromatic rings. The van der Waals surface area contributed by atoms with E-state index in [1.54, 1.807) is 6.20 Å². The van der Waals surface area contributed by atoms with Crippen LogP contribution in [-0.2, 0) is 22.0 Å². The fourth-order valence-electron chi connectivity index (χ4n) is 3.92. The minimum atomic E-state index is -0.643. The van der Waals surface area contributed by atoms with E-state index in [1.165, 1.54) is 16.9 Å². The molecule has 0 aliphatic heterocycles. The van der Waals surface area contributed by atoms with Crippen LogP contribution in [0.2, 0.25) is 0 Å². The summed E-state index contributed by atoms with van der Waals surface area (Å²) < 4.78 is 0. The molecule has 2 aromatic heterocycles. The van der Waals surface area contributed by atoms with E-state index in [4.69, 9.17) is 0 Å². The van der Waals surface area contributed by atoms with Gasteiger partial charge in [-0.15, -0.1) is 11.3 Å². The number of nitrogens with zero attached hydrogens (tertiary/aromatic N) is 3. The number of aldehydes is 1. The number of rotatable bonds is 7. The van der Waals surface area contributed by atoms with Crippen molar-refractivity contribution in [1.29, 1.82) is 0 Å². The van der Waals surface area contributed by atoms with Crippen LogP contribution in [0.3, 0.4) is 0 Å². The summed E-state index contributed by atoms with van der Waals surface area (Å²) in [5.41, 5.74) is 5.17. The summed E-state index contributed by atoms with van der Waals surface area (Å²) in [6.45, 7) is 12.8. The Morgan fingerprint density at radius 3 is 1.95 bits per heavy atom. The molecular weight excluding hydrogens is 492 g/mol. The molecule has 0 saturated carbocycles. The number of hydrogen-bond donors (Lipinski definition) is 1. The van der Waals surface area contributed by atoms with Crippen molar-refractivity contribution < 1.29 is 9.59 Å². The highest BCUT2D eigenvalue weighted by atomic mass is 32.1. The van der Waals surface area contributed by atoms with E-state index in [9.17, 15) is 9.59 Å². The lowest BCUT2D eigenvalue weighted by molar-refractivity contribution is -0.109. The number of amides is 1. The van der Waals surface area contributed by atoms with Crippen LogP contribution in [0.1, 0.15) is 67.3 Å². The van der Waals surface area contributed by atoms with Crippen LogP contribution in [0, 0.1) is 0 Å². The zero-order chi connectivity index (χ0) is 27.5. The van der Waals surface area contributed by atoms with Crippen molar-refractivity contribution in [1.82, 2.24) is 20.3 Å². The van der Waals surface area contributed by atoms with Crippen molar-refractivity contribution in [3.63, 3.8) is 0 Å². The highest BCUT2D eigenvalue weighted by Gasteiger charge is 2.21. The average molecular weight is 527 g/mol. The molecule has 4 rings (SSSR count). The summed E-state index contributed by atoms with van der Waals surface area (Å²) in [6, 6.07) is 15.6. The topological polar surface area (TPSA) is 84.8 Å². The molecule has 0 fully saturated rings. The largest absolute Gasteiger partial charge is 0.340 e. The van der Waals surface area contributed by atoms with Crippen LogP contribution in [0.15, 0.2) is 67.1 Å². The first-order valence-corrected chi connectivity index (χ1v) is 13.5. The first-order chi connectivity index (χ1) is 17.9. The standard InChI is InChI=1S/C31H34N4O2S/c1-30(2,3)24-13-11-21(12-14-24)23-16-32-27(33-17-23)22-9-7-20(8-10-22)15-25(19-36)35-28(37)29-34-18-26(38-29)31(4,5)6/h7-14,16-19,25H,15H2,1-6H3,(H,35,37). The Hall–Kier alpha value is -3.71. The van der Waals surface area contributed by atoms with Crippen LogP contribution in [-0.4, -0.2) is 33.2 Å². The average Bonchev–Trinajstić information content (AvgIpc) is 3.40. The van der Waals surface area contributed by atoms with E-state index in [-0.39, 0.29) is 16.7 Å². The van der Waals surface area contributed by atoms with Crippen LogP contribution >= 0.6 is 11.3 Å². The Morgan fingerprint density at radius 2 is 1.42 bits per heavy atom. The second kappa shape index (κ2) is 11.0. The van der Waals surface area contributed by atoms with Gasteiger partial charge in [-0.05, 0) is 33.9 Å². The van der Waals surface area contributed by atoms with Gasteiger partial charge < -0.3 is 10.1 Å². The third-order valence-corrected chi connectivity index (χ3v) is 7.75. The molecule has 1 amide bonds. The molecule has 2 aromatic carbocycles. The predicted octanol–water partition coefficient (Wildman–Crippen LogP) is 6.40. The van der Waals surface area contributed by atoms with Crippen molar-refractivity contribution in [2.24, 2.45) is 0 Å². The Balaban J connectivity index is 1.39. The summed E-state index contributed by atoms with van der Waals surface area (Å²) in [5.74, 6) is 0.297. The number of benzene rings is 2. The second-order valence-corrected chi connectivity index (χ2v) is 12.6. The van der Waals surface area contributed by atoms with Gasteiger partial charge in [0.25, 0.3) is 5.91 Å². The Morgan fingerprint density at radius 1 is 0.816 bits per heavy atom. The fraction of sp³-hybridized carbons (Fsp3) is 0.323. The van der Waals surface area contributed by atoms with E-state index in [0.717, 1.165) is 33.4 Å².